The van der Waals surface area contributed by atoms with Crippen LogP contribution < -0.4 is 10.6 Å². The summed E-state index contributed by atoms with van der Waals surface area (Å²) in [7, 11) is 0. The number of amides is 1. The number of rotatable bonds is 5. The second kappa shape index (κ2) is 7.39. The highest BCUT2D eigenvalue weighted by Gasteiger charge is 2.15. The average molecular weight is 271 g/mol. The van der Waals surface area contributed by atoms with Gasteiger partial charge in [-0.25, -0.2) is 0 Å². The van der Waals surface area contributed by atoms with Gasteiger partial charge in [-0.15, -0.1) is 12.4 Å². The molecule has 18 heavy (non-hydrogen) atoms. The number of hydrogen-bond donors (Lipinski definition) is 2. The van der Waals surface area contributed by atoms with E-state index >= 15 is 0 Å². The van der Waals surface area contributed by atoms with Crippen LogP contribution in [0.15, 0.2) is 24.3 Å². The van der Waals surface area contributed by atoms with Crippen molar-refractivity contribution in [1.82, 2.24) is 5.32 Å². The number of carbonyl (C=O) groups excluding carboxylic acids is 1. The molecule has 0 spiro atoms. The van der Waals surface area contributed by atoms with Gasteiger partial charge in [-0.2, -0.15) is 0 Å². The molecule has 0 saturated heterocycles. The van der Waals surface area contributed by atoms with Crippen LogP contribution in [0.2, 0.25) is 0 Å². The first-order valence-corrected chi connectivity index (χ1v) is 6.04. The zero-order valence-corrected chi connectivity index (χ0v) is 12.4. The van der Waals surface area contributed by atoms with Crippen LogP contribution >= 0.6 is 12.4 Å². The standard InChI is InChI=1S/C14H22N2O.ClH/c1-5-14(3,4)15-10-13(17)16-12-8-6-11(2)7-9-12;/h6-9,15H,5,10H2,1-4H3,(H,16,17);1H. The van der Waals surface area contributed by atoms with Crippen molar-refractivity contribution < 1.29 is 4.79 Å². The molecule has 1 amide bonds. The van der Waals surface area contributed by atoms with Gasteiger partial charge in [-0.1, -0.05) is 24.6 Å². The fourth-order valence-corrected chi connectivity index (χ4v) is 1.29. The predicted octanol–water partition coefficient (Wildman–Crippen LogP) is 3.13. The first-order valence-electron chi connectivity index (χ1n) is 6.04. The largest absolute Gasteiger partial charge is 0.325 e. The quantitative estimate of drug-likeness (QED) is 0.863. The van der Waals surface area contributed by atoms with Crippen LogP contribution in [0.25, 0.3) is 0 Å². The number of halogens is 1. The number of hydrogen-bond acceptors (Lipinski definition) is 2. The minimum atomic E-state index is -0.00428. The number of aryl methyl sites for hydroxylation is 1. The Balaban J connectivity index is 0.00000289. The lowest BCUT2D eigenvalue weighted by Gasteiger charge is -2.24. The molecule has 0 heterocycles. The van der Waals surface area contributed by atoms with E-state index in [1.807, 2.05) is 31.2 Å². The highest BCUT2D eigenvalue weighted by Crippen LogP contribution is 2.09. The topological polar surface area (TPSA) is 41.1 Å². The highest BCUT2D eigenvalue weighted by molar-refractivity contribution is 5.92. The van der Waals surface area contributed by atoms with Gasteiger partial charge in [0.25, 0.3) is 0 Å². The van der Waals surface area contributed by atoms with E-state index in [2.05, 4.69) is 31.4 Å². The molecule has 4 heteroatoms. The fourth-order valence-electron chi connectivity index (χ4n) is 1.29. The number of nitrogens with one attached hydrogen (secondary N) is 2. The molecule has 0 bridgehead atoms. The lowest BCUT2D eigenvalue weighted by molar-refractivity contribution is -0.115. The van der Waals surface area contributed by atoms with Gasteiger partial charge in [-0.3, -0.25) is 4.79 Å². The zero-order chi connectivity index (χ0) is 12.9. The van der Waals surface area contributed by atoms with Gasteiger partial charge < -0.3 is 10.6 Å². The van der Waals surface area contributed by atoms with E-state index in [0.717, 1.165) is 12.1 Å². The molecule has 0 unspecified atom stereocenters. The summed E-state index contributed by atoms with van der Waals surface area (Å²) < 4.78 is 0. The Bertz CT molecular complexity index is 374. The first kappa shape index (κ1) is 16.9. The Labute approximate surface area is 116 Å². The van der Waals surface area contributed by atoms with Crippen molar-refractivity contribution in [3.63, 3.8) is 0 Å². The molecule has 1 aromatic rings. The third-order valence-corrected chi connectivity index (χ3v) is 2.95. The second-order valence-corrected chi connectivity index (χ2v) is 5.01. The third-order valence-electron chi connectivity index (χ3n) is 2.95. The molecule has 0 atom stereocenters. The van der Waals surface area contributed by atoms with Crippen LogP contribution in [0.1, 0.15) is 32.8 Å². The molecule has 0 aliphatic carbocycles. The van der Waals surface area contributed by atoms with E-state index in [1.165, 1.54) is 5.56 Å². The van der Waals surface area contributed by atoms with Crippen LogP contribution in [0.5, 0.6) is 0 Å². The fraction of sp³-hybridized carbons (Fsp3) is 0.500. The summed E-state index contributed by atoms with van der Waals surface area (Å²) in [5.41, 5.74) is 2.04. The molecule has 0 fully saturated rings. The maximum atomic E-state index is 11.7. The maximum Gasteiger partial charge on any atom is 0.238 e. The minimum Gasteiger partial charge on any atom is -0.325 e. The molecular weight excluding hydrogens is 248 g/mol. The summed E-state index contributed by atoms with van der Waals surface area (Å²) in [6.07, 6.45) is 0.991. The molecule has 0 radical (unpaired) electrons. The van der Waals surface area contributed by atoms with Gasteiger partial charge in [-0.05, 0) is 39.3 Å². The van der Waals surface area contributed by atoms with Crippen molar-refractivity contribution in [2.24, 2.45) is 0 Å². The molecule has 2 N–H and O–H groups in total. The van der Waals surface area contributed by atoms with Gasteiger partial charge >= 0.3 is 0 Å². The van der Waals surface area contributed by atoms with Gasteiger partial charge in [0, 0.05) is 11.2 Å². The van der Waals surface area contributed by atoms with Crippen LogP contribution in [0, 0.1) is 6.92 Å². The van der Waals surface area contributed by atoms with Crippen molar-refractivity contribution in [3.8, 4) is 0 Å². The van der Waals surface area contributed by atoms with Crippen molar-refractivity contribution in [2.45, 2.75) is 39.7 Å². The van der Waals surface area contributed by atoms with Crippen LogP contribution in [0.4, 0.5) is 5.69 Å². The van der Waals surface area contributed by atoms with Gasteiger partial charge in [0.05, 0.1) is 6.54 Å². The first-order chi connectivity index (χ1) is 7.93. The Morgan fingerprint density at radius 2 is 1.78 bits per heavy atom. The van der Waals surface area contributed by atoms with Crippen molar-refractivity contribution in [1.29, 1.82) is 0 Å². The van der Waals surface area contributed by atoms with E-state index in [1.54, 1.807) is 0 Å². The van der Waals surface area contributed by atoms with E-state index in [4.69, 9.17) is 0 Å². The van der Waals surface area contributed by atoms with Crippen molar-refractivity contribution in [3.05, 3.63) is 29.8 Å². The van der Waals surface area contributed by atoms with E-state index < -0.39 is 0 Å². The van der Waals surface area contributed by atoms with Gasteiger partial charge in [0.2, 0.25) is 5.91 Å². The molecule has 1 rings (SSSR count). The number of carbonyl (C=O) groups is 1. The normalized spacial score (nSPS) is 10.7. The monoisotopic (exact) mass is 270 g/mol. The highest BCUT2D eigenvalue weighted by atomic mass is 35.5. The SMILES string of the molecule is CCC(C)(C)NCC(=O)Nc1ccc(C)cc1.Cl. The molecule has 0 aromatic heterocycles. The van der Waals surface area contributed by atoms with E-state index in [-0.39, 0.29) is 23.9 Å². The molecule has 102 valence electrons. The maximum absolute atomic E-state index is 11.7. The van der Waals surface area contributed by atoms with Gasteiger partial charge in [0.1, 0.15) is 0 Å². The molecule has 0 aliphatic rings. The molecular formula is C14H23ClN2O. The van der Waals surface area contributed by atoms with Crippen LogP contribution in [-0.4, -0.2) is 18.0 Å². The van der Waals surface area contributed by atoms with Gasteiger partial charge in [0.15, 0.2) is 0 Å². The Morgan fingerprint density at radius 1 is 1.22 bits per heavy atom. The lowest BCUT2D eigenvalue weighted by Crippen LogP contribution is -2.43. The van der Waals surface area contributed by atoms with Crippen LogP contribution in [0.3, 0.4) is 0 Å². The summed E-state index contributed by atoms with van der Waals surface area (Å²) in [5.74, 6) is -0.00428. The Hall–Kier alpha value is -1.06. The summed E-state index contributed by atoms with van der Waals surface area (Å²) in [4.78, 5) is 11.7. The summed E-state index contributed by atoms with van der Waals surface area (Å²) in [6, 6.07) is 7.80. The van der Waals surface area contributed by atoms with E-state index in [0.29, 0.717) is 6.54 Å². The van der Waals surface area contributed by atoms with E-state index in [9.17, 15) is 4.79 Å². The van der Waals surface area contributed by atoms with Crippen molar-refractivity contribution in [2.75, 3.05) is 11.9 Å². The average Bonchev–Trinajstić information content (AvgIpc) is 2.30. The third kappa shape index (κ3) is 6.03. The predicted molar refractivity (Wildman–Crippen MR) is 79.4 cm³/mol. The number of anilines is 1. The summed E-state index contributed by atoms with van der Waals surface area (Å²) in [6.45, 7) is 8.65. The lowest BCUT2D eigenvalue weighted by atomic mass is 10.0. The zero-order valence-electron chi connectivity index (χ0n) is 11.5. The smallest absolute Gasteiger partial charge is 0.238 e. The molecule has 3 nitrogen and oxygen atoms in total. The summed E-state index contributed by atoms with van der Waals surface area (Å²) >= 11 is 0. The summed E-state index contributed by atoms with van der Waals surface area (Å²) in [5, 5.41) is 6.09. The van der Waals surface area contributed by atoms with Crippen molar-refractivity contribution >= 4 is 24.0 Å². The molecule has 0 aliphatic heterocycles. The Kier molecular flexibility index (Phi) is 6.96. The minimum absolute atomic E-state index is 0. The number of benzene rings is 1. The molecule has 0 saturated carbocycles. The Morgan fingerprint density at radius 3 is 2.28 bits per heavy atom. The second-order valence-electron chi connectivity index (χ2n) is 5.01. The van der Waals surface area contributed by atoms with Crippen LogP contribution in [-0.2, 0) is 4.79 Å². The molecule has 1 aromatic carbocycles.